The summed E-state index contributed by atoms with van der Waals surface area (Å²) >= 11 is 0. The Morgan fingerprint density at radius 2 is 1.54 bits per heavy atom. The molecule has 0 saturated carbocycles. The molecule has 3 aromatic rings. The number of hydrogen-bond donors (Lipinski definition) is 0. The van der Waals surface area contributed by atoms with Gasteiger partial charge in [-0.05, 0) is 24.3 Å². The smallest absolute Gasteiger partial charge is 0.367 e. The lowest BCUT2D eigenvalue weighted by molar-refractivity contribution is -0.141. The topological polar surface area (TPSA) is 45.2 Å². The van der Waals surface area contributed by atoms with E-state index in [2.05, 4.69) is 20.1 Å². The Labute approximate surface area is 148 Å². The van der Waals surface area contributed by atoms with Crippen LogP contribution in [0, 0.1) is 0 Å². The molecule has 134 valence electrons. The average Bonchev–Trinajstić information content (AvgIpc) is 2.67. The van der Waals surface area contributed by atoms with Crippen LogP contribution in [-0.4, -0.2) is 41.4 Å². The van der Waals surface area contributed by atoms with Crippen molar-refractivity contribution in [2.75, 3.05) is 36.0 Å². The molecular weight excluding hydrogens is 343 g/mol. The van der Waals surface area contributed by atoms with Crippen LogP contribution in [0.3, 0.4) is 0 Å². The Morgan fingerprint density at radius 1 is 0.808 bits per heavy atom. The van der Waals surface area contributed by atoms with Crippen molar-refractivity contribution in [1.82, 2.24) is 15.2 Å². The summed E-state index contributed by atoms with van der Waals surface area (Å²) in [7, 11) is 0. The number of para-hydroxylation sites is 1. The maximum atomic E-state index is 12.6. The molecule has 0 unspecified atom stereocenters. The van der Waals surface area contributed by atoms with Crippen molar-refractivity contribution < 1.29 is 13.2 Å². The zero-order chi connectivity index (χ0) is 18.1. The van der Waals surface area contributed by atoms with E-state index in [9.17, 15) is 13.2 Å². The monoisotopic (exact) mass is 359 g/mol. The summed E-state index contributed by atoms with van der Waals surface area (Å²) in [5, 5.41) is 8.14. The van der Waals surface area contributed by atoms with Gasteiger partial charge in [0.1, 0.15) is 0 Å². The molecule has 26 heavy (non-hydrogen) atoms. The zero-order valence-electron chi connectivity index (χ0n) is 13.8. The molecule has 0 atom stereocenters. The predicted molar refractivity (Wildman–Crippen MR) is 93.2 cm³/mol. The predicted octanol–water partition coefficient (Wildman–Crippen LogP) is 3.37. The molecule has 1 aliphatic heterocycles. The maximum Gasteiger partial charge on any atom is 0.435 e. The third kappa shape index (κ3) is 3.14. The molecule has 0 bridgehead atoms. The Balaban J connectivity index is 1.49. The van der Waals surface area contributed by atoms with Gasteiger partial charge >= 0.3 is 6.18 Å². The quantitative estimate of drug-likeness (QED) is 0.702. The fourth-order valence-corrected chi connectivity index (χ4v) is 3.18. The van der Waals surface area contributed by atoms with Gasteiger partial charge in [0, 0.05) is 43.4 Å². The van der Waals surface area contributed by atoms with Crippen molar-refractivity contribution in [2.24, 2.45) is 0 Å². The first kappa shape index (κ1) is 16.6. The van der Waals surface area contributed by atoms with Crippen molar-refractivity contribution in [3.05, 3.63) is 54.4 Å². The number of halogens is 3. The highest BCUT2D eigenvalue weighted by atomic mass is 19.4. The number of fused-ring (bicyclic) bond motifs is 1. The molecule has 2 aromatic heterocycles. The van der Waals surface area contributed by atoms with Crippen LogP contribution < -0.4 is 9.80 Å². The second-order valence-electron chi connectivity index (χ2n) is 6.10. The molecule has 0 aliphatic carbocycles. The summed E-state index contributed by atoms with van der Waals surface area (Å²) in [6.07, 6.45) is -2.67. The summed E-state index contributed by atoms with van der Waals surface area (Å²) in [5.41, 5.74) is 1.10. The van der Waals surface area contributed by atoms with Crippen LogP contribution in [0.1, 0.15) is 5.69 Å². The lowest BCUT2D eigenvalue weighted by Crippen LogP contribution is -2.47. The number of alkyl halides is 3. The van der Waals surface area contributed by atoms with Crippen molar-refractivity contribution in [3.8, 4) is 0 Å². The van der Waals surface area contributed by atoms with Gasteiger partial charge in [0.25, 0.3) is 0 Å². The number of benzene rings is 1. The molecule has 0 amide bonds. The molecule has 0 radical (unpaired) electrons. The highest BCUT2D eigenvalue weighted by Gasteiger charge is 2.33. The molecule has 5 nitrogen and oxygen atoms in total. The minimum absolute atomic E-state index is 0.470. The van der Waals surface area contributed by atoms with Crippen LogP contribution in [0.25, 0.3) is 10.9 Å². The van der Waals surface area contributed by atoms with E-state index in [1.807, 2.05) is 35.2 Å². The van der Waals surface area contributed by atoms with Crippen LogP contribution in [0.4, 0.5) is 24.7 Å². The second-order valence-corrected chi connectivity index (χ2v) is 6.10. The number of nitrogens with zero attached hydrogens (tertiary/aromatic N) is 5. The third-order valence-corrected chi connectivity index (χ3v) is 4.51. The van der Waals surface area contributed by atoms with Crippen LogP contribution >= 0.6 is 0 Å². The van der Waals surface area contributed by atoms with Crippen LogP contribution in [0.5, 0.6) is 0 Å². The van der Waals surface area contributed by atoms with E-state index in [4.69, 9.17) is 0 Å². The lowest BCUT2D eigenvalue weighted by Gasteiger charge is -2.37. The van der Waals surface area contributed by atoms with Crippen molar-refractivity contribution >= 4 is 22.4 Å². The first-order chi connectivity index (χ1) is 12.5. The van der Waals surface area contributed by atoms with Crippen molar-refractivity contribution in [2.45, 2.75) is 6.18 Å². The third-order valence-electron chi connectivity index (χ3n) is 4.51. The summed E-state index contributed by atoms with van der Waals surface area (Å²) in [6.45, 7) is 2.82. The van der Waals surface area contributed by atoms with E-state index in [-0.39, 0.29) is 0 Å². The van der Waals surface area contributed by atoms with Gasteiger partial charge in [0.15, 0.2) is 11.5 Å². The van der Waals surface area contributed by atoms with Crippen LogP contribution in [0.15, 0.2) is 48.7 Å². The van der Waals surface area contributed by atoms with E-state index < -0.39 is 11.9 Å². The Hall–Kier alpha value is -2.90. The van der Waals surface area contributed by atoms with E-state index in [1.54, 1.807) is 6.20 Å². The average molecular weight is 359 g/mol. The van der Waals surface area contributed by atoms with E-state index >= 15 is 0 Å². The normalized spacial score (nSPS) is 15.5. The highest BCUT2D eigenvalue weighted by molar-refractivity contribution is 5.91. The van der Waals surface area contributed by atoms with Gasteiger partial charge in [-0.1, -0.05) is 18.2 Å². The number of rotatable bonds is 2. The summed E-state index contributed by atoms with van der Waals surface area (Å²) in [5.74, 6) is 0.470. The van der Waals surface area contributed by atoms with Crippen molar-refractivity contribution in [1.29, 1.82) is 0 Å². The standard InChI is InChI=1S/C18H16F3N5/c19-18(20,21)16-5-6-17(24-23-16)26-11-9-25(10-12-26)15-7-8-22-14-4-2-1-3-13(14)15/h1-8H,9-12H2. The van der Waals surface area contributed by atoms with Gasteiger partial charge in [0.2, 0.25) is 0 Å². The summed E-state index contributed by atoms with van der Waals surface area (Å²) in [4.78, 5) is 8.59. The summed E-state index contributed by atoms with van der Waals surface area (Å²) in [6, 6.07) is 12.3. The molecule has 8 heteroatoms. The van der Waals surface area contributed by atoms with Gasteiger partial charge < -0.3 is 9.80 Å². The molecule has 0 N–H and O–H groups in total. The van der Waals surface area contributed by atoms with Gasteiger partial charge in [0.05, 0.1) is 5.52 Å². The minimum atomic E-state index is -4.47. The van der Waals surface area contributed by atoms with E-state index in [1.165, 1.54) is 6.07 Å². The van der Waals surface area contributed by atoms with E-state index in [0.717, 1.165) is 35.7 Å². The number of anilines is 2. The van der Waals surface area contributed by atoms with Crippen molar-refractivity contribution in [3.63, 3.8) is 0 Å². The molecule has 3 heterocycles. The van der Waals surface area contributed by atoms with Gasteiger partial charge in [-0.2, -0.15) is 13.2 Å². The molecule has 1 fully saturated rings. The van der Waals surface area contributed by atoms with Gasteiger partial charge in [-0.3, -0.25) is 4.98 Å². The highest BCUT2D eigenvalue weighted by Crippen LogP contribution is 2.29. The van der Waals surface area contributed by atoms with Gasteiger partial charge in [-0.15, -0.1) is 10.2 Å². The number of piperazine rings is 1. The molecule has 0 spiro atoms. The first-order valence-electron chi connectivity index (χ1n) is 8.27. The fourth-order valence-electron chi connectivity index (χ4n) is 3.18. The SMILES string of the molecule is FC(F)(F)c1ccc(N2CCN(c3ccnc4ccccc34)CC2)nn1. The van der Waals surface area contributed by atoms with Crippen LogP contribution in [0.2, 0.25) is 0 Å². The molecule has 1 aromatic carbocycles. The minimum Gasteiger partial charge on any atom is -0.367 e. The number of pyridine rings is 1. The second kappa shape index (κ2) is 6.44. The van der Waals surface area contributed by atoms with Crippen LogP contribution in [-0.2, 0) is 6.18 Å². The first-order valence-corrected chi connectivity index (χ1v) is 8.27. The molecule has 4 rings (SSSR count). The maximum absolute atomic E-state index is 12.6. The largest absolute Gasteiger partial charge is 0.435 e. The fraction of sp³-hybridized carbons (Fsp3) is 0.278. The van der Waals surface area contributed by atoms with Gasteiger partial charge in [-0.25, -0.2) is 0 Å². The Bertz CT molecular complexity index is 897. The Morgan fingerprint density at radius 3 is 2.23 bits per heavy atom. The number of aromatic nitrogens is 3. The Kier molecular flexibility index (Phi) is 4.10. The lowest BCUT2D eigenvalue weighted by atomic mass is 10.1. The number of hydrogen-bond acceptors (Lipinski definition) is 5. The zero-order valence-corrected chi connectivity index (χ0v) is 13.8. The molecular formula is C18H16F3N5. The van der Waals surface area contributed by atoms with E-state index in [0.29, 0.717) is 18.9 Å². The summed E-state index contributed by atoms with van der Waals surface area (Å²) < 4.78 is 37.8. The molecule has 1 saturated heterocycles. The molecule has 1 aliphatic rings.